The molecule has 1 aromatic heterocycles. The summed E-state index contributed by atoms with van der Waals surface area (Å²) in [5, 5.41) is 18.6. The number of hydrogen-bond acceptors (Lipinski definition) is 5. The quantitative estimate of drug-likeness (QED) is 0.635. The van der Waals surface area contributed by atoms with Crippen LogP contribution in [0.4, 0.5) is 4.79 Å². The van der Waals surface area contributed by atoms with Gasteiger partial charge >= 0.3 is 6.16 Å². The SMILES string of the molecule is O=C(OC1C=CCCCCC1)On1c(O)ccc1O. The zero-order valence-electron chi connectivity index (χ0n) is 10.5. The zero-order chi connectivity index (χ0) is 13.7. The Balaban J connectivity index is 1.91. The zero-order valence-corrected chi connectivity index (χ0v) is 10.5. The average molecular weight is 267 g/mol. The van der Waals surface area contributed by atoms with Crippen molar-refractivity contribution < 1.29 is 24.6 Å². The molecule has 1 aliphatic rings. The van der Waals surface area contributed by atoms with Crippen LogP contribution < -0.4 is 4.84 Å². The Hall–Kier alpha value is -2.11. The third-order valence-electron chi connectivity index (χ3n) is 2.92. The van der Waals surface area contributed by atoms with Crippen LogP contribution in [0, 0.1) is 0 Å². The van der Waals surface area contributed by atoms with Gasteiger partial charge < -0.3 is 14.9 Å². The van der Waals surface area contributed by atoms with E-state index in [1.165, 1.54) is 12.1 Å². The van der Waals surface area contributed by atoms with Crippen molar-refractivity contribution >= 4 is 6.16 Å². The molecule has 0 spiro atoms. The van der Waals surface area contributed by atoms with Crippen LogP contribution in [0.15, 0.2) is 24.3 Å². The molecule has 104 valence electrons. The predicted molar refractivity (Wildman–Crippen MR) is 66.8 cm³/mol. The number of aromatic nitrogens is 1. The molecule has 0 amide bonds. The summed E-state index contributed by atoms with van der Waals surface area (Å²) in [6, 6.07) is 2.41. The highest BCUT2D eigenvalue weighted by Gasteiger charge is 2.17. The van der Waals surface area contributed by atoms with Crippen LogP contribution in [0.5, 0.6) is 11.8 Å². The molecule has 0 bridgehead atoms. The molecule has 1 aliphatic carbocycles. The first-order chi connectivity index (χ1) is 9.16. The average Bonchev–Trinajstić information content (AvgIpc) is 2.64. The lowest BCUT2D eigenvalue weighted by Gasteiger charge is -2.16. The summed E-state index contributed by atoms with van der Waals surface area (Å²) >= 11 is 0. The number of hydrogen-bond donors (Lipinski definition) is 2. The van der Waals surface area contributed by atoms with Crippen LogP contribution in [0.2, 0.25) is 0 Å². The van der Waals surface area contributed by atoms with E-state index < -0.39 is 6.16 Å². The van der Waals surface area contributed by atoms with Crippen molar-refractivity contribution in [2.24, 2.45) is 0 Å². The van der Waals surface area contributed by atoms with Gasteiger partial charge in [0.15, 0.2) is 0 Å². The second-order valence-electron chi connectivity index (χ2n) is 4.41. The van der Waals surface area contributed by atoms with Gasteiger partial charge in [0, 0.05) is 12.1 Å². The lowest BCUT2D eigenvalue weighted by Crippen LogP contribution is -2.25. The molecule has 6 heteroatoms. The second kappa shape index (κ2) is 6.17. The molecule has 0 saturated heterocycles. The van der Waals surface area contributed by atoms with Gasteiger partial charge in [0.25, 0.3) is 0 Å². The van der Waals surface area contributed by atoms with Crippen LogP contribution in [-0.2, 0) is 4.74 Å². The van der Waals surface area contributed by atoms with Gasteiger partial charge in [0.1, 0.15) is 6.10 Å². The fraction of sp³-hybridized carbons (Fsp3) is 0.462. The molecule has 19 heavy (non-hydrogen) atoms. The second-order valence-corrected chi connectivity index (χ2v) is 4.41. The summed E-state index contributed by atoms with van der Waals surface area (Å²) in [7, 11) is 0. The first kappa shape index (κ1) is 13.3. The van der Waals surface area contributed by atoms with Gasteiger partial charge in [-0.25, -0.2) is 4.79 Å². The van der Waals surface area contributed by atoms with Crippen LogP contribution in [0.3, 0.4) is 0 Å². The Bertz CT molecular complexity index is 446. The largest absolute Gasteiger partial charge is 0.534 e. The van der Waals surface area contributed by atoms with E-state index in [-0.39, 0.29) is 17.9 Å². The number of carbonyl (C=O) groups excluding carboxylic acids is 1. The van der Waals surface area contributed by atoms with Gasteiger partial charge in [0.05, 0.1) is 0 Å². The standard InChI is InChI=1S/C13H17NO5/c15-11-8-9-12(16)14(11)19-13(17)18-10-6-4-2-1-3-5-7-10/h4,6,8-10,15-16H,1-3,5,7H2. The van der Waals surface area contributed by atoms with E-state index in [2.05, 4.69) is 0 Å². The third-order valence-corrected chi connectivity index (χ3v) is 2.92. The first-order valence-corrected chi connectivity index (χ1v) is 6.32. The summed E-state index contributed by atoms with van der Waals surface area (Å²) in [6.45, 7) is 0. The lowest BCUT2D eigenvalue weighted by molar-refractivity contribution is 0.0182. The molecule has 1 heterocycles. The third kappa shape index (κ3) is 3.67. The predicted octanol–water partition coefficient (Wildman–Crippen LogP) is 2.35. The van der Waals surface area contributed by atoms with Gasteiger partial charge in [-0.2, -0.15) is 0 Å². The minimum atomic E-state index is -0.961. The van der Waals surface area contributed by atoms with E-state index in [1.807, 2.05) is 12.2 Å². The van der Waals surface area contributed by atoms with Crippen LogP contribution >= 0.6 is 0 Å². The molecule has 6 nitrogen and oxygen atoms in total. The van der Waals surface area contributed by atoms with Gasteiger partial charge in [-0.3, -0.25) is 4.84 Å². The van der Waals surface area contributed by atoms with E-state index in [1.54, 1.807) is 0 Å². The van der Waals surface area contributed by atoms with Gasteiger partial charge in [0.2, 0.25) is 11.8 Å². The van der Waals surface area contributed by atoms with E-state index in [0.717, 1.165) is 32.1 Å². The molecule has 0 saturated carbocycles. The Morgan fingerprint density at radius 1 is 1.21 bits per heavy atom. The Labute approximate surface area is 110 Å². The summed E-state index contributed by atoms with van der Waals surface area (Å²) in [6.07, 6.45) is 7.52. The maximum absolute atomic E-state index is 11.6. The summed E-state index contributed by atoms with van der Waals surface area (Å²) in [5.74, 6) is -0.745. The molecule has 0 aliphatic heterocycles. The van der Waals surface area contributed by atoms with Gasteiger partial charge in [-0.05, 0) is 31.8 Å². The minimum absolute atomic E-state index is 0.326. The molecule has 2 N–H and O–H groups in total. The normalized spacial score (nSPS) is 19.5. The highest BCUT2D eigenvalue weighted by molar-refractivity contribution is 5.61. The van der Waals surface area contributed by atoms with E-state index in [4.69, 9.17) is 9.57 Å². The van der Waals surface area contributed by atoms with E-state index in [0.29, 0.717) is 4.73 Å². The number of carbonyl (C=O) groups is 1. The molecular weight excluding hydrogens is 250 g/mol. The highest BCUT2D eigenvalue weighted by Crippen LogP contribution is 2.19. The van der Waals surface area contributed by atoms with E-state index in [9.17, 15) is 15.0 Å². The van der Waals surface area contributed by atoms with E-state index >= 15 is 0 Å². The number of rotatable bonds is 2. The maximum Gasteiger partial charge on any atom is 0.534 e. The summed E-state index contributed by atoms with van der Waals surface area (Å²) < 4.78 is 5.73. The Kier molecular flexibility index (Phi) is 4.33. The van der Waals surface area contributed by atoms with Gasteiger partial charge in [-0.1, -0.05) is 12.5 Å². The number of ether oxygens (including phenoxy) is 1. The Morgan fingerprint density at radius 2 is 1.95 bits per heavy atom. The molecule has 0 radical (unpaired) electrons. The van der Waals surface area contributed by atoms with Crippen molar-refractivity contribution in [3.05, 3.63) is 24.3 Å². The highest BCUT2D eigenvalue weighted by atomic mass is 16.8. The molecule has 1 aromatic rings. The van der Waals surface area contributed by atoms with Gasteiger partial charge in [-0.15, -0.1) is 4.73 Å². The molecule has 2 rings (SSSR count). The Morgan fingerprint density at radius 3 is 2.68 bits per heavy atom. The van der Waals surface area contributed by atoms with Crippen molar-refractivity contribution in [3.63, 3.8) is 0 Å². The minimum Gasteiger partial charge on any atom is -0.492 e. The molecule has 1 unspecified atom stereocenters. The summed E-state index contributed by atoms with van der Waals surface area (Å²) in [4.78, 5) is 16.3. The van der Waals surface area contributed by atoms with Crippen LogP contribution in [-0.4, -0.2) is 27.2 Å². The van der Waals surface area contributed by atoms with Crippen molar-refractivity contribution in [2.75, 3.05) is 0 Å². The summed E-state index contributed by atoms with van der Waals surface area (Å²) in [5.41, 5.74) is 0. The van der Waals surface area contributed by atoms with Crippen molar-refractivity contribution in [1.82, 2.24) is 4.73 Å². The molecular formula is C13H17NO5. The monoisotopic (exact) mass is 267 g/mol. The van der Waals surface area contributed by atoms with Crippen LogP contribution in [0.25, 0.3) is 0 Å². The fourth-order valence-electron chi connectivity index (χ4n) is 1.94. The number of aromatic hydroxyl groups is 2. The smallest absolute Gasteiger partial charge is 0.492 e. The molecule has 0 aromatic carbocycles. The van der Waals surface area contributed by atoms with Crippen LogP contribution in [0.1, 0.15) is 32.1 Å². The first-order valence-electron chi connectivity index (χ1n) is 6.32. The molecule has 1 atom stereocenters. The van der Waals surface area contributed by atoms with Crippen molar-refractivity contribution in [1.29, 1.82) is 0 Å². The lowest BCUT2D eigenvalue weighted by atomic mass is 10.0. The van der Waals surface area contributed by atoms with Crippen molar-refractivity contribution in [2.45, 2.75) is 38.2 Å². The topological polar surface area (TPSA) is 80.9 Å². The number of allylic oxidation sites excluding steroid dienone is 1. The van der Waals surface area contributed by atoms with Crippen molar-refractivity contribution in [3.8, 4) is 11.8 Å². The molecule has 0 fully saturated rings. The number of nitrogens with zero attached hydrogens (tertiary/aromatic N) is 1. The maximum atomic E-state index is 11.6. The fourth-order valence-corrected chi connectivity index (χ4v) is 1.94.